The molecule has 0 bridgehead atoms. The molecule has 0 atom stereocenters. The van der Waals surface area contributed by atoms with Gasteiger partial charge in [-0.2, -0.15) is 0 Å². The Balaban J connectivity index is 1.73. The van der Waals surface area contributed by atoms with Crippen LogP contribution >= 0.6 is 0 Å². The summed E-state index contributed by atoms with van der Waals surface area (Å²) in [6.07, 6.45) is 1.95. The van der Waals surface area contributed by atoms with Crippen molar-refractivity contribution in [3.63, 3.8) is 0 Å². The molecule has 29 heavy (non-hydrogen) atoms. The third-order valence-corrected chi connectivity index (χ3v) is 5.70. The zero-order valence-corrected chi connectivity index (χ0v) is 17.1. The summed E-state index contributed by atoms with van der Waals surface area (Å²) in [5.41, 5.74) is 10.5. The van der Waals surface area contributed by atoms with Crippen LogP contribution in [0.25, 0.3) is 44.5 Å². The number of para-hydroxylation sites is 1. The van der Waals surface area contributed by atoms with Crippen LogP contribution in [0.4, 0.5) is 0 Å². The molecule has 0 spiro atoms. The van der Waals surface area contributed by atoms with E-state index < -0.39 is 0 Å². The molecule has 0 fully saturated rings. The average molecular weight is 378 g/mol. The maximum absolute atomic E-state index is 6.18. The standard InChI is InChI=1S/C26H22N2O/c1-15-8-10-19(12-16(15)2)23-13-24(27-14-17(23)3)22-7-5-6-20-21-11-9-18(4)28-26(21)29-25(20)22/h5-14H,1-4H3. The first kappa shape index (κ1) is 17.6. The number of hydrogen-bond donors (Lipinski definition) is 0. The van der Waals surface area contributed by atoms with E-state index in [2.05, 4.69) is 74.3 Å². The zero-order valence-electron chi connectivity index (χ0n) is 17.1. The fourth-order valence-corrected chi connectivity index (χ4v) is 3.86. The topological polar surface area (TPSA) is 38.9 Å². The summed E-state index contributed by atoms with van der Waals surface area (Å²) >= 11 is 0. The smallest absolute Gasteiger partial charge is 0.227 e. The Bertz CT molecular complexity index is 1400. The average Bonchev–Trinajstić information content (AvgIpc) is 3.08. The molecule has 2 aromatic carbocycles. The third-order valence-electron chi connectivity index (χ3n) is 5.70. The van der Waals surface area contributed by atoms with E-state index in [9.17, 15) is 0 Å². The lowest BCUT2D eigenvalue weighted by atomic mass is 9.96. The molecule has 0 N–H and O–H groups in total. The van der Waals surface area contributed by atoms with Gasteiger partial charge in [0.05, 0.1) is 5.69 Å². The molecule has 5 rings (SSSR count). The molecule has 0 aliphatic heterocycles. The first-order chi connectivity index (χ1) is 14.0. The van der Waals surface area contributed by atoms with Crippen molar-refractivity contribution in [3.05, 3.63) is 83.2 Å². The lowest BCUT2D eigenvalue weighted by molar-refractivity contribution is 0.653. The van der Waals surface area contributed by atoms with E-state index in [-0.39, 0.29) is 0 Å². The fraction of sp³-hybridized carbons (Fsp3) is 0.154. The Morgan fingerprint density at radius 3 is 2.41 bits per heavy atom. The molecule has 3 heteroatoms. The minimum absolute atomic E-state index is 0.675. The molecular formula is C26H22N2O. The lowest BCUT2D eigenvalue weighted by Crippen LogP contribution is -1.91. The molecule has 3 nitrogen and oxygen atoms in total. The van der Waals surface area contributed by atoms with E-state index in [1.54, 1.807) is 0 Å². The molecule has 142 valence electrons. The largest absolute Gasteiger partial charge is 0.437 e. The van der Waals surface area contributed by atoms with Crippen molar-refractivity contribution in [2.75, 3.05) is 0 Å². The first-order valence-electron chi connectivity index (χ1n) is 9.85. The number of aryl methyl sites for hydroxylation is 4. The fourth-order valence-electron chi connectivity index (χ4n) is 3.86. The van der Waals surface area contributed by atoms with Crippen LogP contribution in [0.1, 0.15) is 22.4 Å². The van der Waals surface area contributed by atoms with Crippen LogP contribution in [0, 0.1) is 27.7 Å². The minimum Gasteiger partial charge on any atom is -0.437 e. The van der Waals surface area contributed by atoms with Gasteiger partial charge in [0.15, 0.2) is 0 Å². The normalized spacial score (nSPS) is 11.4. The molecule has 0 saturated carbocycles. The number of fused-ring (bicyclic) bond motifs is 3. The lowest BCUT2D eigenvalue weighted by Gasteiger charge is -2.11. The monoisotopic (exact) mass is 378 g/mol. The van der Waals surface area contributed by atoms with Crippen molar-refractivity contribution in [2.24, 2.45) is 0 Å². The van der Waals surface area contributed by atoms with E-state index >= 15 is 0 Å². The molecule has 3 heterocycles. The second-order valence-electron chi connectivity index (χ2n) is 7.77. The van der Waals surface area contributed by atoms with E-state index in [1.807, 2.05) is 19.2 Å². The van der Waals surface area contributed by atoms with Crippen LogP contribution in [0.2, 0.25) is 0 Å². The quantitative estimate of drug-likeness (QED) is 0.334. The maximum Gasteiger partial charge on any atom is 0.227 e. The molecule has 0 amide bonds. The molecule has 5 aromatic rings. The highest BCUT2D eigenvalue weighted by Gasteiger charge is 2.15. The van der Waals surface area contributed by atoms with Crippen LogP contribution in [-0.4, -0.2) is 9.97 Å². The Kier molecular flexibility index (Phi) is 3.99. The summed E-state index contributed by atoms with van der Waals surface area (Å²) in [4.78, 5) is 9.29. The molecular weight excluding hydrogens is 356 g/mol. The van der Waals surface area contributed by atoms with Gasteiger partial charge in [-0.1, -0.05) is 30.3 Å². The van der Waals surface area contributed by atoms with Gasteiger partial charge >= 0.3 is 0 Å². The number of furan rings is 1. The second-order valence-corrected chi connectivity index (χ2v) is 7.77. The molecule has 0 saturated heterocycles. The summed E-state index contributed by atoms with van der Waals surface area (Å²) in [7, 11) is 0. The van der Waals surface area contributed by atoms with E-state index in [4.69, 9.17) is 9.40 Å². The van der Waals surface area contributed by atoms with Gasteiger partial charge in [0.2, 0.25) is 5.71 Å². The number of aromatic nitrogens is 2. The number of benzene rings is 2. The van der Waals surface area contributed by atoms with Crippen molar-refractivity contribution >= 4 is 22.1 Å². The molecule has 3 aromatic heterocycles. The minimum atomic E-state index is 0.675. The molecule has 0 radical (unpaired) electrons. The van der Waals surface area contributed by atoms with Crippen LogP contribution in [0.5, 0.6) is 0 Å². The van der Waals surface area contributed by atoms with Gasteiger partial charge in [0.1, 0.15) is 5.58 Å². The van der Waals surface area contributed by atoms with Crippen molar-refractivity contribution in [1.29, 1.82) is 0 Å². The molecule has 0 unspecified atom stereocenters. The Morgan fingerprint density at radius 1 is 0.724 bits per heavy atom. The summed E-state index contributed by atoms with van der Waals surface area (Å²) in [6.45, 7) is 8.38. The highest BCUT2D eigenvalue weighted by atomic mass is 16.3. The molecule has 0 aliphatic rings. The van der Waals surface area contributed by atoms with Gasteiger partial charge in [0, 0.05) is 28.2 Å². The van der Waals surface area contributed by atoms with Crippen molar-refractivity contribution < 1.29 is 4.42 Å². The number of rotatable bonds is 2. The maximum atomic E-state index is 6.18. The van der Waals surface area contributed by atoms with E-state index in [1.165, 1.54) is 22.3 Å². The van der Waals surface area contributed by atoms with Gasteiger partial charge in [0.25, 0.3) is 0 Å². The Labute approximate surface area is 170 Å². The Morgan fingerprint density at radius 2 is 1.59 bits per heavy atom. The van der Waals surface area contributed by atoms with Gasteiger partial charge < -0.3 is 4.42 Å². The SMILES string of the molecule is Cc1ccc2c(n1)oc1c(-c3cc(-c4ccc(C)c(C)c4)c(C)cn3)cccc12. The first-order valence-corrected chi connectivity index (χ1v) is 9.85. The number of pyridine rings is 2. The highest BCUT2D eigenvalue weighted by molar-refractivity contribution is 6.08. The predicted octanol–water partition coefficient (Wildman–Crippen LogP) is 6.94. The summed E-state index contributed by atoms with van der Waals surface area (Å²) in [6, 6.07) is 19.1. The van der Waals surface area contributed by atoms with Crippen molar-refractivity contribution in [2.45, 2.75) is 27.7 Å². The van der Waals surface area contributed by atoms with E-state index in [0.29, 0.717) is 5.71 Å². The van der Waals surface area contributed by atoms with Crippen molar-refractivity contribution in [3.8, 4) is 22.4 Å². The second kappa shape index (κ2) is 6.56. The van der Waals surface area contributed by atoms with Crippen molar-refractivity contribution in [1.82, 2.24) is 9.97 Å². The van der Waals surface area contributed by atoms with E-state index in [0.717, 1.165) is 38.9 Å². The van der Waals surface area contributed by atoms with Crippen LogP contribution in [0.15, 0.2) is 65.2 Å². The van der Waals surface area contributed by atoms with Gasteiger partial charge in [-0.05, 0) is 79.8 Å². The third kappa shape index (κ3) is 2.90. The van der Waals surface area contributed by atoms with Crippen LogP contribution in [0.3, 0.4) is 0 Å². The predicted molar refractivity (Wildman–Crippen MR) is 119 cm³/mol. The number of nitrogens with zero attached hydrogens (tertiary/aromatic N) is 2. The number of hydrogen-bond acceptors (Lipinski definition) is 3. The Hall–Kier alpha value is -3.46. The van der Waals surface area contributed by atoms with Gasteiger partial charge in [-0.25, -0.2) is 4.98 Å². The summed E-state index contributed by atoms with van der Waals surface area (Å²) in [5, 5.41) is 2.11. The summed E-state index contributed by atoms with van der Waals surface area (Å²) in [5.74, 6) is 0. The zero-order chi connectivity index (χ0) is 20.1. The molecule has 0 aliphatic carbocycles. The van der Waals surface area contributed by atoms with Gasteiger partial charge in [-0.3, -0.25) is 4.98 Å². The van der Waals surface area contributed by atoms with Crippen LogP contribution < -0.4 is 0 Å². The highest BCUT2D eigenvalue weighted by Crippen LogP contribution is 2.36. The summed E-state index contributed by atoms with van der Waals surface area (Å²) < 4.78 is 6.18. The van der Waals surface area contributed by atoms with Gasteiger partial charge in [-0.15, -0.1) is 0 Å². The van der Waals surface area contributed by atoms with Crippen LogP contribution in [-0.2, 0) is 0 Å².